The summed E-state index contributed by atoms with van der Waals surface area (Å²) in [5.41, 5.74) is -0.456. The Morgan fingerprint density at radius 3 is 2.76 bits per heavy atom. The van der Waals surface area contributed by atoms with Gasteiger partial charge in [0.25, 0.3) is 0 Å². The van der Waals surface area contributed by atoms with Crippen LogP contribution < -0.4 is 5.82 Å². The van der Waals surface area contributed by atoms with Crippen molar-refractivity contribution in [1.29, 1.82) is 0 Å². The Morgan fingerprint density at radius 1 is 1.48 bits per heavy atom. The zero-order chi connectivity index (χ0) is 15.6. The maximum atomic E-state index is 12.5. The van der Waals surface area contributed by atoms with Crippen molar-refractivity contribution in [1.82, 2.24) is 5.16 Å². The van der Waals surface area contributed by atoms with E-state index >= 15 is 0 Å². The first-order valence-electron chi connectivity index (χ1n) is 7.55. The smallest absolute Gasteiger partial charge is 0.375 e. The number of ketones is 1. The minimum Gasteiger partial charge on any atom is -0.375 e. The number of hydrogen-bond donors (Lipinski definition) is 0. The van der Waals surface area contributed by atoms with Crippen LogP contribution in [0.15, 0.2) is 25.9 Å². The Balaban J connectivity index is 2.29. The van der Waals surface area contributed by atoms with Gasteiger partial charge in [0.15, 0.2) is 0 Å². The second kappa shape index (κ2) is 6.00. The summed E-state index contributed by atoms with van der Waals surface area (Å²) >= 11 is 0. The van der Waals surface area contributed by atoms with Crippen LogP contribution in [0.5, 0.6) is 0 Å². The monoisotopic (exact) mass is 293 g/mol. The van der Waals surface area contributed by atoms with Gasteiger partial charge in [-0.05, 0) is 29.3 Å². The number of nitrogens with zero attached hydrogens (tertiary/aromatic N) is 1. The summed E-state index contributed by atoms with van der Waals surface area (Å²) in [5, 5.41) is 3.64. The zero-order valence-corrected chi connectivity index (χ0v) is 13.1. The third-order valence-electron chi connectivity index (χ3n) is 4.99. The van der Waals surface area contributed by atoms with Crippen LogP contribution in [0.2, 0.25) is 0 Å². The van der Waals surface area contributed by atoms with Crippen LogP contribution in [-0.2, 0) is 11.2 Å². The molecule has 1 aromatic rings. The molecule has 21 heavy (non-hydrogen) atoms. The van der Waals surface area contributed by atoms with Gasteiger partial charge in [0.1, 0.15) is 5.78 Å². The van der Waals surface area contributed by atoms with Gasteiger partial charge in [0.05, 0.1) is 0 Å². The molecule has 2 unspecified atom stereocenters. The highest BCUT2D eigenvalue weighted by atomic mass is 16.6. The van der Waals surface area contributed by atoms with Gasteiger partial charge in [-0.1, -0.05) is 39.8 Å². The topological polar surface area (TPSA) is 73.3 Å². The summed E-state index contributed by atoms with van der Waals surface area (Å²) in [7, 11) is 0. The van der Waals surface area contributed by atoms with Gasteiger partial charge < -0.3 is 4.42 Å². The van der Waals surface area contributed by atoms with Gasteiger partial charge in [-0.2, -0.15) is 0 Å². The highest BCUT2D eigenvalue weighted by Crippen LogP contribution is 2.50. The summed E-state index contributed by atoms with van der Waals surface area (Å²) < 4.78 is 9.38. The molecule has 0 saturated heterocycles. The van der Waals surface area contributed by atoms with Crippen molar-refractivity contribution in [3.63, 3.8) is 0 Å². The summed E-state index contributed by atoms with van der Waals surface area (Å²) in [6, 6.07) is 0. The average molecular weight is 293 g/mol. The van der Waals surface area contributed by atoms with E-state index in [-0.39, 0.29) is 29.4 Å². The Morgan fingerprint density at radius 2 is 2.19 bits per heavy atom. The van der Waals surface area contributed by atoms with E-state index in [1.807, 2.05) is 6.92 Å². The van der Waals surface area contributed by atoms with Crippen LogP contribution in [0.3, 0.4) is 0 Å². The highest BCUT2D eigenvalue weighted by molar-refractivity contribution is 5.88. The van der Waals surface area contributed by atoms with Gasteiger partial charge in [-0.25, -0.2) is 4.79 Å². The molecule has 1 saturated carbocycles. The molecule has 0 radical (unpaired) electrons. The molecule has 1 aromatic heterocycles. The SMILES string of the molecule is CC/C=C\[C@H](C)C1(C)C(=O)CC(C)[C@@H]1Cc1noc(=O)o1. The molecule has 1 aliphatic rings. The molecule has 5 nitrogen and oxygen atoms in total. The van der Waals surface area contributed by atoms with Crippen molar-refractivity contribution in [2.45, 2.75) is 47.0 Å². The first kappa shape index (κ1) is 15.7. The zero-order valence-electron chi connectivity index (χ0n) is 13.1. The van der Waals surface area contributed by atoms with E-state index in [4.69, 9.17) is 4.42 Å². The lowest BCUT2D eigenvalue weighted by Gasteiger charge is -2.35. The molecule has 0 bridgehead atoms. The molecule has 1 fully saturated rings. The minimum atomic E-state index is -0.789. The molecule has 5 heteroatoms. The summed E-state index contributed by atoms with van der Waals surface area (Å²) in [6.07, 6.45) is 6.18. The molecule has 0 aliphatic heterocycles. The molecule has 0 amide bonds. The molecule has 2 rings (SSSR count). The first-order chi connectivity index (χ1) is 9.89. The molecule has 0 spiro atoms. The van der Waals surface area contributed by atoms with E-state index in [1.54, 1.807) is 0 Å². The fraction of sp³-hybridized carbons (Fsp3) is 0.688. The molecular formula is C16H23NO4. The molecular weight excluding hydrogens is 270 g/mol. The maximum Gasteiger partial charge on any atom is 0.542 e. The number of Topliss-reactive ketones (excluding diaryl/α,β-unsaturated/α-hetero) is 1. The van der Waals surface area contributed by atoms with E-state index in [0.717, 1.165) is 6.42 Å². The van der Waals surface area contributed by atoms with E-state index in [2.05, 4.69) is 42.6 Å². The van der Waals surface area contributed by atoms with Crippen LogP contribution in [-0.4, -0.2) is 10.9 Å². The highest BCUT2D eigenvalue weighted by Gasteiger charge is 2.52. The molecule has 0 N–H and O–H groups in total. The van der Waals surface area contributed by atoms with Crippen LogP contribution in [0.1, 0.15) is 46.4 Å². The molecule has 116 valence electrons. The van der Waals surface area contributed by atoms with Gasteiger partial charge >= 0.3 is 5.82 Å². The largest absolute Gasteiger partial charge is 0.542 e. The van der Waals surface area contributed by atoms with Gasteiger partial charge in [-0.15, -0.1) is 0 Å². The number of carbonyl (C=O) groups is 1. The van der Waals surface area contributed by atoms with Crippen molar-refractivity contribution in [3.8, 4) is 0 Å². The summed E-state index contributed by atoms with van der Waals surface area (Å²) in [6.45, 7) is 8.24. The quantitative estimate of drug-likeness (QED) is 0.780. The van der Waals surface area contributed by atoms with Gasteiger partial charge in [-0.3, -0.25) is 9.32 Å². The lowest BCUT2D eigenvalue weighted by Crippen LogP contribution is -2.37. The van der Waals surface area contributed by atoms with Crippen molar-refractivity contribution in [3.05, 3.63) is 28.7 Å². The number of allylic oxidation sites excluding steroid dienone is 2. The van der Waals surface area contributed by atoms with Crippen molar-refractivity contribution >= 4 is 5.78 Å². The third-order valence-corrected chi connectivity index (χ3v) is 4.99. The Kier molecular flexibility index (Phi) is 4.49. The van der Waals surface area contributed by atoms with Crippen LogP contribution in [0.25, 0.3) is 0 Å². The van der Waals surface area contributed by atoms with E-state index in [0.29, 0.717) is 12.8 Å². The summed E-state index contributed by atoms with van der Waals surface area (Å²) in [5.74, 6) is 0.237. The lowest BCUT2D eigenvalue weighted by atomic mass is 9.67. The predicted octanol–water partition coefficient (Wildman–Crippen LogP) is 3.00. The second-order valence-corrected chi connectivity index (χ2v) is 6.25. The normalized spacial score (nSPS) is 31.1. The van der Waals surface area contributed by atoms with E-state index in [9.17, 15) is 9.59 Å². The molecule has 1 heterocycles. The van der Waals surface area contributed by atoms with Crippen molar-refractivity contribution in [2.75, 3.05) is 0 Å². The maximum absolute atomic E-state index is 12.5. The summed E-state index contributed by atoms with van der Waals surface area (Å²) in [4.78, 5) is 23.5. The number of aromatic nitrogens is 1. The fourth-order valence-electron chi connectivity index (χ4n) is 3.49. The van der Waals surface area contributed by atoms with Gasteiger partial charge in [0, 0.05) is 18.3 Å². The molecule has 4 atom stereocenters. The first-order valence-corrected chi connectivity index (χ1v) is 7.55. The van der Waals surface area contributed by atoms with Gasteiger partial charge in [0.2, 0.25) is 5.89 Å². The third kappa shape index (κ3) is 2.87. The van der Waals surface area contributed by atoms with E-state index < -0.39 is 11.2 Å². The van der Waals surface area contributed by atoms with Crippen molar-refractivity contribution in [2.24, 2.45) is 23.2 Å². The Bertz CT molecular complexity index is 585. The Hall–Kier alpha value is -1.65. The second-order valence-electron chi connectivity index (χ2n) is 6.25. The number of carbonyl (C=O) groups excluding carboxylic acids is 1. The van der Waals surface area contributed by atoms with Crippen LogP contribution in [0.4, 0.5) is 0 Å². The van der Waals surface area contributed by atoms with E-state index in [1.165, 1.54) is 0 Å². The fourth-order valence-corrected chi connectivity index (χ4v) is 3.49. The van der Waals surface area contributed by atoms with Crippen molar-refractivity contribution < 1.29 is 13.7 Å². The average Bonchev–Trinajstić information content (AvgIpc) is 2.94. The lowest BCUT2D eigenvalue weighted by molar-refractivity contribution is -0.128. The van der Waals surface area contributed by atoms with Crippen LogP contribution >= 0.6 is 0 Å². The number of hydrogen-bond acceptors (Lipinski definition) is 5. The minimum absolute atomic E-state index is 0.0924. The number of rotatable bonds is 5. The standard InChI is InChI=1S/C16H23NO4/c1-5-6-7-11(3)16(4)12(10(2)8-13(16)18)9-14-17-21-15(19)20-14/h6-7,10-12H,5,8-9H2,1-4H3/b7-6-/t10?,11-,12-,16?/m0/s1. The predicted molar refractivity (Wildman–Crippen MR) is 77.7 cm³/mol. The molecule has 1 aliphatic carbocycles. The van der Waals surface area contributed by atoms with Crippen LogP contribution in [0, 0.1) is 23.2 Å². The molecule has 0 aromatic carbocycles. The Labute approximate surface area is 124 Å².